The highest BCUT2D eigenvalue weighted by Crippen LogP contribution is 2.32. The third kappa shape index (κ3) is 3.60. The second-order valence-corrected chi connectivity index (χ2v) is 6.82. The van der Waals surface area contributed by atoms with E-state index in [0.29, 0.717) is 6.04 Å². The Kier molecular flexibility index (Phi) is 5.58. The van der Waals surface area contributed by atoms with E-state index in [0.717, 1.165) is 19.6 Å². The Morgan fingerprint density at radius 2 is 2.00 bits per heavy atom. The molecule has 110 valence electrons. The van der Waals surface area contributed by atoms with Gasteiger partial charge in [0, 0.05) is 28.7 Å². The predicted molar refractivity (Wildman–Crippen MR) is 90.4 cm³/mol. The molecular formula is C17H26N2S. The Balaban J connectivity index is 2.29. The molecule has 0 saturated heterocycles. The summed E-state index contributed by atoms with van der Waals surface area (Å²) in [4.78, 5) is 3.91. The zero-order valence-electron chi connectivity index (χ0n) is 13.1. The quantitative estimate of drug-likeness (QED) is 0.767. The summed E-state index contributed by atoms with van der Waals surface area (Å²) in [6.45, 7) is 9.84. The van der Waals surface area contributed by atoms with Crippen molar-refractivity contribution >= 4 is 21.4 Å². The fourth-order valence-electron chi connectivity index (χ4n) is 2.28. The van der Waals surface area contributed by atoms with Gasteiger partial charge in [0.05, 0.1) is 0 Å². The second-order valence-electron chi connectivity index (χ2n) is 5.69. The Labute approximate surface area is 126 Å². The zero-order valence-corrected chi connectivity index (χ0v) is 13.9. The van der Waals surface area contributed by atoms with Crippen molar-refractivity contribution in [2.75, 3.05) is 13.6 Å². The Bertz CT molecular complexity index is 545. The van der Waals surface area contributed by atoms with Crippen molar-refractivity contribution in [3.05, 3.63) is 34.7 Å². The Morgan fingerprint density at radius 1 is 1.25 bits per heavy atom. The molecule has 1 aromatic carbocycles. The van der Waals surface area contributed by atoms with Crippen LogP contribution in [0.5, 0.6) is 0 Å². The average molecular weight is 290 g/mol. The molecule has 0 saturated carbocycles. The average Bonchev–Trinajstić information content (AvgIpc) is 2.77. The van der Waals surface area contributed by atoms with E-state index in [1.165, 1.54) is 26.9 Å². The summed E-state index contributed by atoms with van der Waals surface area (Å²) >= 11 is 1.94. The number of thiophene rings is 1. The van der Waals surface area contributed by atoms with Crippen molar-refractivity contribution in [3.8, 4) is 0 Å². The number of fused-ring (bicyclic) bond motifs is 1. The first-order valence-electron chi connectivity index (χ1n) is 7.53. The second kappa shape index (κ2) is 7.21. The van der Waals surface area contributed by atoms with E-state index in [-0.39, 0.29) is 0 Å². The molecule has 2 rings (SSSR count). The van der Waals surface area contributed by atoms with Crippen molar-refractivity contribution in [2.45, 2.75) is 46.3 Å². The van der Waals surface area contributed by atoms with Crippen molar-refractivity contribution in [3.63, 3.8) is 0 Å². The first kappa shape index (κ1) is 15.5. The van der Waals surface area contributed by atoms with E-state index in [1.54, 1.807) is 0 Å². The van der Waals surface area contributed by atoms with Gasteiger partial charge in [0.25, 0.3) is 0 Å². The van der Waals surface area contributed by atoms with Gasteiger partial charge in [-0.25, -0.2) is 0 Å². The van der Waals surface area contributed by atoms with Crippen molar-refractivity contribution in [2.24, 2.45) is 0 Å². The zero-order chi connectivity index (χ0) is 14.5. The normalized spacial score (nSPS) is 11.9. The summed E-state index contributed by atoms with van der Waals surface area (Å²) in [5.74, 6) is 0. The van der Waals surface area contributed by atoms with Gasteiger partial charge in [0.1, 0.15) is 0 Å². The Hall–Kier alpha value is -0.900. The lowest BCUT2D eigenvalue weighted by atomic mass is 10.1. The SMILES string of the molecule is CCCNCc1sc2ccccc2c1CN(C)C(C)C. The smallest absolute Gasteiger partial charge is 0.0349 e. The van der Waals surface area contributed by atoms with Crippen LogP contribution in [-0.4, -0.2) is 24.5 Å². The van der Waals surface area contributed by atoms with E-state index >= 15 is 0 Å². The van der Waals surface area contributed by atoms with Gasteiger partial charge in [-0.05, 0) is 50.9 Å². The predicted octanol–water partition coefficient (Wildman–Crippen LogP) is 4.24. The summed E-state index contributed by atoms with van der Waals surface area (Å²) in [6.07, 6.45) is 1.19. The maximum absolute atomic E-state index is 3.55. The van der Waals surface area contributed by atoms with Crippen LogP contribution in [0.25, 0.3) is 10.1 Å². The molecule has 0 fully saturated rings. The molecule has 2 nitrogen and oxygen atoms in total. The molecule has 0 radical (unpaired) electrons. The van der Waals surface area contributed by atoms with Crippen LogP contribution < -0.4 is 5.32 Å². The van der Waals surface area contributed by atoms with Crippen LogP contribution in [0, 0.1) is 0 Å². The van der Waals surface area contributed by atoms with Gasteiger partial charge < -0.3 is 5.32 Å². The van der Waals surface area contributed by atoms with Crippen LogP contribution in [0.2, 0.25) is 0 Å². The van der Waals surface area contributed by atoms with E-state index in [9.17, 15) is 0 Å². The molecule has 20 heavy (non-hydrogen) atoms. The third-order valence-corrected chi connectivity index (χ3v) is 5.00. The Morgan fingerprint density at radius 3 is 2.70 bits per heavy atom. The molecule has 1 N–H and O–H groups in total. The van der Waals surface area contributed by atoms with Gasteiger partial charge in [-0.1, -0.05) is 25.1 Å². The van der Waals surface area contributed by atoms with E-state index in [1.807, 2.05) is 11.3 Å². The minimum Gasteiger partial charge on any atom is -0.312 e. The summed E-state index contributed by atoms with van der Waals surface area (Å²) < 4.78 is 1.41. The molecule has 0 spiro atoms. The van der Waals surface area contributed by atoms with Crippen LogP contribution in [-0.2, 0) is 13.1 Å². The topological polar surface area (TPSA) is 15.3 Å². The molecule has 3 heteroatoms. The number of benzene rings is 1. The monoisotopic (exact) mass is 290 g/mol. The van der Waals surface area contributed by atoms with Crippen molar-refractivity contribution in [1.29, 1.82) is 0 Å². The maximum Gasteiger partial charge on any atom is 0.0349 e. The number of hydrogen-bond donors (Lipinski definition) is 1. The lowest BCUT2D eigenvalue weighted by Gasteiger charge is -2.21. The van der Waals surface area contributed by atoms with Crippen LogP contribution in [0.4, 0.5) is 0 Å². The highest BCUT2D eigenvalue weighted by atomic mass is 32.1. The van der Waals surface area contributed by atoms with E-state index in [2.05, 4.69) is 62.3 Å². The van der Waals surface area contributed by atoms with Crippen LogP contribution >= 0.6 is 11.3 Å². The number of nitrogens with zero attached hydrogens (tertiary/aromatic N) is 1. The van der Waals surface area contributed by atoms with Crippen LogP contribution in [0.3, 0.4) is 0 Å². The molecule has 0 aliphatic rings. The van der Waals surface area contributed by atoms with Crippen LogP contribution in [0.15, 0.2) is 24.3 Å². The molecule has 1 heterocycles. The van der Waals surface area contributed by atoms with Gasteiger partial charge in [0.2, 0.25) is 0 Å². The summed E-state index contributed by atoms with van der Waals surface area (Å²) in [5, 5.41) is 4.98. The molecule has 0 atom stereocenters. The maximum atomic E-state index is 3.55. The fourth-order valence-corrected chi connectivity index (χ4v) is 3.46. The van der Waals surface area contributed by atoms with Crippen LogP contribution in [0.1, 0.15) is 37.6 Å². The minimum absolute atomic E-state index is 0.574. The largest absolute Gasteiger partial charge is 0.312 e. The standard InChI is InChI=1S/C17H26N2S/c1-5-10-18-11-17-15(12-19(4)13(2)3)14-8-6-7-9-16(14)20-17/h6-9,13,18H,5,10-12H2,1-4H3. The summed E-state index contributed by atoms with van der Waals surface area (Å²) in [6, 6.07) is 9.36. The molecule has 0 amide bonds. The third-order valence-electron chi connectivity index (χ3n) is 3.78. The number of nitrogens with one attached hydrogen (secondary N) is 1. The highest BCUT2D eigenvalue weighted by Gasteiger charge is 2.14. The van der Waals surface area contributed by atoms with E-state index < -0.39 is 0 Å². The molecule has 1 aromatic heterocycles. The summed E-state index contributed by atoms with van der Waals surface area (Å²) in [7, 11) is 2.21. The molecule has 0 unspecified atom stereocenters. The van der Waals surface area contributed by atoms with Gasteiger partial charge in [0.15, 0.2) is 0 Å². The first-order chi connectivity index (χ1) is 9.63. The minimum atomic E-state index is 0.574. The molecule has 2 aromatic rings. The number of rotatable bonds is 7. The molecule has 0 aliphatic carbocycles. The fraction of sp³-hybridized carbons (Fsp3) is 0.529. The van der Waals surface area contributed by atoms with Crippen molar-refractivity contribution < 1.29 is 0 Å². The number of hydrogen-bond acceptors (Lipinski definition) is 3. The molecule has 0 aliphatic heterocycles. The first-order valence-corrected chi connectivity index (χ1v) is 8.35. The van der Waals surface area contributed by atoms with Gasteiger partial charge >= 0.3 is 0 Å². The lowest BCUT2D eigenvalue weighted by Crippen LogP contribution is -2.26. The summed E-state index contributed by atoms with van der Waals surface area (Å²) in [5.41, 5.74) is 1.51. The van der Waals surface area contributed by atoms with Gasteiger partial charge in [-0.15, -0.1) is 11.3 Å². The van der Waals surface area contributed by atoms with Crippen molar-refractivity contribution in [1.82, 2.24) is 10.2 Å². The highest BCUT2D eigenvalue weighted by molar-refractivity contribution is 7.19. The van der Waals surface area contributed by atoms with Gasteiger partial charge in [-0.3, -0.25) is 4.90 Å². The molecule has 0 bridgehead atoms. The molecular weight excluding hydrogens is 264 g/mol. The lowest BCUT2D eigenvalue weighted by molar-refractivity contribution is 0.266. The van der Waals surface area contributed by atoms with E-state index in [4.69, 9.17) is 0 Å². The van der Waals surface area contributed by atoms with Gasteiger partial charge in [-0.2, -0.15) is 0 Å².